The molecule has 2 saturated carbocycles. The molecule has 0 saturated heterocycles. The SMILES string of the molecule is OCCC1(CNC2CCCCCCCCCCC2)CC1. The lowest BCUT2D eigenvalue weighted by Gasteiger charge is -2.23. The van der Waals surface area contributed by atoms with Crippen molar-refractivity contribution in [2.45, 2.75) is 95.9 Å². The molecule has 0 atom stereocenters. The van der Waals surface area contributed by atoms with E-state index in [2.05, 4.69) is 5.32 Å². The van der Waals surface area contributed by atoms with Crippen LogP contribution in [0.25, 0.3) is 0 Å². The first-order valence-electron chi connectivity index (χ1n) is 9.19. The molecule has 0 aromatic heterocycles. The van der Waals surface area contributed by atoms with Crippen LogP contribution in [0.3, 0.4) is 0 Å². The summed E-state index contributed by atoms with van der Waals surface area (Å²) >= 11 is 0. The fourth-order valence-corrected chi connectivity index (χ4v) is 3.66. The molecule has 0 amide bonds. The summed E-state index contributed by atoms with van der Waals surface area (Å²) < 4.78 is 0. The lowest BCUT2D eigenvalue weighted by atomic mass is 9.96. The lowest BCUT2D eigenvalue weighted by Crippen LogP contribution is -2.34. The lowest BCUT2D eigenvalue weighted by molar-refractivity contribution is 0.239. The minimum atomic E-state index is 0.367. The highest BCUT2D eigenvalue weighted by molar-refractivity contribution is 4.95. The van der Waals surface area contributed by atoms with Crippen molar-refractivity contribution in [1.82, 2.24) is 5.32 Å². The summed E-state index contributed by atoms with van der Waals surface area (Å²) in [5, 5.41) is 13.0. The largest absolute Gasteiger partial charge is 0.396 e. The first-order chi connectivity index (χ1) is 9.85. The predicted octanol–water partition coefficient (Wildman–Crippen LogP) is 4.41. The fraction of sp³-hybridized carbons (Fsp3) is 1.00. The van der Waals surface area contributed by atoms with Gasteiger partial charge in [0.15, 0.2) is 0 Å². The number of rotatable bonds is 5. The molecule has 0 bridgehead atoms. The van der Waals surface area contributed by atoms with E-state index in [1.165, 1.54) is 83.5 Å². The molecule has 2 nitrogen and oxygen atoms in total. The number of aliphatic hydroxyl groups excluding tert-OH is 1. The zero-order chi connectivity index (χ0) is 14.1. The second-order valence-electron chi connectivity index (χ2n) is 7.31. The van der Waals surface area contributed by atoms with Crippen LogP contribution in [-0.2, 0) is 0 Å². The van der Waals surface area contributed by atoms with Crippen LogP contribution in [0.5, 0.6) is 0 Å². The molecule has 2 heteroatoms. The molecule has 0 heterocycles. The zero-order valence-electron chi connectivity index (χ0n) is 13.3. The van der Waals surface area contributed by atoms with Crippen molar-refractivity contribution in [2.75, 3.05) is 13.2 Å². The third kappa shape index (κ3) is 6.13. The van der Waals surface area contributed by atoms with E-state index in [0.29, 0.717) is 12.0 Å². The van der Waals surface area contributed by atoms with Crippen molar-refractivity contribution in [2.24, 2.45) is 5.41 Å². The van der Waals surface area contributed by atoms with Gasteiger partial charge in [-0.1, -0.05) is 57.8 Å². The van der Waals surface area contributed by atoms with Crippen LogP contribution in [0.4, 0.5) is 0 Å². The summed E-state index contributed by atoms with van der Waals surface area (Å²) in [5.41, 5.74) is 0.471. The third-order valence-electron chi connectivity index (χ3n) is 5.47. The van der Waals surface area contributed by atoms with Crippen molar-refractivity contribution in [1.29, 1.82) is 0 Å². The molecule has 2 N–H and O–H groups in total. The van der Waals surface area contributed by atoms with Crippen LogP contribution in [0, 0.1) is 5.41 Å². The van der Waals surface area contributed by atoms with Gasteiger partial charge in [-0.15, -0.1) is 0 Å². The maximum Gasteiger partial charge on any atom is 0.0436 e. The maximum atomic E-state index is 9.16. The van der Waals surface area contributed by atoms with Crippen LogP contribution < -0.4 is 5.32 Å². The van der Waals surface area contributed by atoms with Gasteiger partial charge in [0.25, 0.3) is 0 Å². The summed E-state index contributed by atoms with van der Waals surface area (Å²) in [7, 11) is 0. The molecule has 20 heavy (non-hydrogen) atoms. The molecule has 2 aliphatic carbocycles. The Hall–Kier alpha value is -0.0800. The van der Waals surface area contributed by atoms with Gasteiger partial charge < -0.3 is 10.4 Å². The molecule has 0 aromatic carbocycles. The number of aliphatic hydroxyl groups is 1. The van der Waals surface area contributed by atoms with E-state index in [1.54, 1.807) is 0 Å². The smallest absolute Gasteiger partial charge is 0.0436 e. The van der Waals surface area contributed by atoms with E-state index >= 15 is 0 Å². The Labute approximate surface area is 125 Å². The van der Waals surface area contributed by atoms with E-state index < -0.39 is 0 Å². The van der Waals surface area contributed by atoms with Gasteiger partial charge in [-0.3, -0.25) is 0 Å². The van der Waals surface area contributed by atoms with E-state index in [4.69, 9.17) is 5.11 Å². The summed E-state index contributed by atoms with van der Waals surface area (Å²) in [6, 6.07) is 0.741. The summed E-state index contributed by atoms with van der Waals surface area (Å²) in [6.45, 7) is 1.52. The van der Waals surface area contributed by atoms with E-state index in [-0.39, 0.29) is 0 Å². The molecular formula is C18H35NO. The third-order valence-corrected chi connectivity index (χ3v) is 5.47. The highest BCUT2D eigenvalue weighted by atomic mass is 16.3. The Balaban J connectivity index is 1.68. The van der Waals surface area contributed by atoms with Crippen molar-refractivity contribution in [3.8, 4) is 0 Å². The van der Waals surface area contributed by atoms with Crippen molar-refractivity contribution in [3.05, 3.63) is 0 Å². The van der Waals surface area contributed by atoms with Gasteiger partial charge in [0, 0.05) is 19.2 Å². The Morgan fingerprint density at radius 1 is 0.800 bits per heavy atom. The molecule has 2 fully saturated rings. The van der Waals surface area contributed by atoms with Crippen molar-refractivity contribution < 1.29 is 5.11 Å². The monoisotopic (exact) mass is 281 g/mol. The Kier molecular flexibility index (Phi) is 7.37. The summed E-state index contributed by atoms with van der Waals surface area (Å²) in [5.74, 6) is 0. The summed E-state index contributed by atoms with van der Waals surface area (Å²) in [4.78, 5) is 0. The van der Waals surface area contributed by atoms with E-state index in [0.717, 1.165) is 19.0 Å². The second-order valence-corrected chi connectivity index (χ2v) is 7.31. The molecule has 0 spiro atoms. The van der Waals surface area contributed by atoms with Crippen LogP contribution in [0.2, 0.25) is 0 Å². The topological polar surface area (TPSA) is 32.3 Å². The normalized spacial score (nSPS) is 25.6. The molecular weight excluding hydrogens is 246 g/mol. The molecule has 2 rings (SSSR count). The number of hydrogen-bond acceptors (Lipinski definition) is 2. The Bertz CT molecular complexity index is 238. The highest BCUT2D eigenvalue weighted by Crippen LogP contribution is 2.48. The Morgan fingerprint density at radius 3 is 1.75 bits per heavy atom. The Morgan fingerprint density at radius 2 is 1.30 bits per heavy atom. The standard InChI is InChI=1S/C18H35NO/c20-15-14-18(12-13-18)16-19-17-10-8-6-4-2-1-3-5-7-9-11-17/h17,19-20H,1-16H2. The van der Waals surface area contributed by atoms with E-state index in [9.17, 15) is 0 Å². The molecule has 0 aliphatic heterocycles. The van der Waals surface area contributed by atoms with Crippen molar-refractivity contribution in [3.63, 3.8) is 0 Å². The number of hydrogen-bond donors (Lipinski definition) is 2. The fourth-order valence-electron chi connectivity index (χ4n) is 3.66. The molecule has 0 unspecified atom stereocenters. The molecule has 118 valence electrons. The molecule has 0 radical (unpaired) electrons. The number of nitrogens with one attached hydrogen (secondary N) is 1. The first-order valence-corrected chi connectivity index (χ1v) is 9.19. The van der Waals surface area contributed by atoms with Crippen molar-refractivity contribution >= 4 is 0 Å². The quantitative estimate of drug-likeness (QED) is 0.782. The van der Waals surface area contributed by atoms with Crippen LogP contribution in [-0.4, -0.2) is 24.3 Å². The average molecular weight is 281 g/mol. The maximum absolute atomic E-state index is 9.16. The van der Waals surface area contributed by atoms with Gasteiger partial charge in [0.05, 0.1) is 0 Å². The van der Waals surface area contributed by atoms with Crippen LogP contribution >= 0.6 is 0 Å². The van der Waals surface area contributed by atoms with Gasteiger partial charge in [0.2, 0.25) is 0 Å². The minimum absolute atomic E-state index is 0.367. The van der Waals surface area contributed by atoms with Crippen LogP contribution in [0.15, 0.2) is 0 Å². The van der Waals surface area contributed by atoms with Gasteiger partial charge in [0.1, 0.15) is 0 Å². The van der Waals surface area contributed by atoms with Gasteiger partial charge in [-0.25, -0.2) is 0 Å². The van der Waals surface area contributed by atoms with E-state index in [1.807, 2.05) is 0 Å². The van der Waals surface area contributed by atoms with Gasteiger partial charge >= 0.3 is 0 Å². The predicted molar refractivity (Wildman–Crippen MR) is 85.9 cm³/mol. The molecule has 0 aromatic rings. The molecule has 2 aliphatic rings. The first kappa shape index (κ1) is 16.3. The zero-order valence-corrected chi connectivity index (χ0v) is 13.3. The van der Waals surface area contributed by atoms with Gasteiger partial charge in [-0.2, -0.15) is 0 Å². The minimum Gasteiger partial charge on any atom is -0.396 e. The second kappa shape index (κ2) is 9.04. The van der Waals surface area contributed by atoms with Gasteiger partial charge in [-0.05, 0) is 37.5 Å². The summed E-state index contributed by atoms with van der Waals surface area (Å²) in [6.07, 6.45) is 19.3. The van der Waals surface area contributed by atoms with Crippen LogP contribution in [0.1, 0.15) is 89.9 Å². The average Bonchev–Trinajstić information content (AvgIpc) is 3.19. The highest BCUT2D eigenvalue weighted by Gasteiger charge is 2.41.